The second kappa shape index (κ2) is 4.18. The zero-order chi connectivity index (χ0) is 10.7. The molecule has 15 heavy (non-hydrogen) atoms. The van der Waals surface area contributed by atoms with E-state index in [1.54, 1.807) is 13.2 Å². The molecule has 0 aliphatic carbocycles. The number of tetrazole rings is 1. The van der Waals surface area contributed by atoms with Gasteiger partial charge in [-0.15, -0.1) is 10.2 Å². The Morgan fingerprint density at radius 2 is 2.33 bits per heavy atom. The molecule has 0 radical (unpaired) electrons. The molecular formula is C8H13N7. The minimum atomic E-state index is 0.602. The van der Waals surface area contributed by atoms with Crippen LogP contribution in [0.15, 0.2) is 12.4 Å². The minimum absolute atomic E-state index is 0.602. The quantitative estimate of drug-likeness (QED) is 0.708. The summed E-state index contributed by atoms with van der Waals surface area (Å²) < 4.78 is 1.99. The lowest BCUT2D eigenvalue weighted by Crippen LogP contribution is -2.13. The molecule has 0 saturated heterocycles. The standard InChI is InChI=1S/C8H13N7/c1-9-5-8-10-3-4-15(8)6-7-11-13-14(2)12-7/h3-4,9H,5-6H2,1-2H3. The molecule has 0 bridgehead atoms. The molecule has 1 N–H and O–H groups in total. The third-order valence-corrected chi connectivity index (χ3v) is 2.00. The average molecular weight is 207 g/mol. The monoisotopic (exact) mass is 207 g/mol. The first-order valence-electron chi connectivity index (χ1n) is 4.67. The lowest BCUT2D eigenvalue weighted by atomic mass is 10.5. The molecule has 7 heteroatoms. The summed E-state index contributed by atoms with van der Waals surface area (Å²) in [5, 5.41) is 14.9. The number of hydrogen-bond donors (Lipinski definition) is 1. The van der Waals surface area contributed by atoms with Crippen molar-refractivity contribution in [2.24, 2.45) is 7.05 Å². The highest BCUT2D eigenvalue weighted by molar-refractivity contribution is 4.95. The van der Waals surface area contributed by atoms with Crippen molar-refractivity contribution in [3.63, 3.8) is 0 Å². The predicted octanol–water partition coefficient (Wildman–Crippen LogP) is -0.826. The maximum absolute atomic E-state index is 4.23. The number of imidazole rings is 1. The Hall–Kier alpha value is -1.76. The molecule has 2 aromatic heterocycles. The normalized spacial score (nSPS) is 10.8. The van der Waals surface area contributed by atoms with Crippen molar-refractivity contribution in [3.8, 4) is 0 Å². The van der Waals surface area contributed by atoms with Crippen LogP contribution in [0.5, 0.6) is 0 Å². The Bertz CT molecular complexity index is 430. The number of nitrogens with zero attached hydrogens (tertiary/aromatic N) is 6. The lowest BCUT2D eigenvalue weighted by molar-refractivity contribution is 0.620. The second-order valence-corrected chi connectivity index (χ2v) is 3.20. The molecule has 0 atom stereocenters. The third-order valence-electron chi connectivity index (χ3n) is 2.00. The summed E-state index contributed by atoms with van der Waals surface area (Å²) in [7, 11) is 3.64. The fraction of sp³-hybridized carbons (Fsp3) is 0.500. The van der Waals surface area contributed by atoms with Crippen LogP contribution in [0.3, 0.4) is 0 Å². The van der Waals surface area contributed by atoms with E-state index in [0.717, 1.165) is 12.4 Å². The van der Waals surface area contributed by atoms with Crippen LogP contribution >= 0.6 is 0 Å². The molecule has 80 valence electrons. The zero-order valence-electron chi connectivity index (χ0n) is 8.75. The van der Waals surface area contributed by atoms with Crippen LogP contribution in [0.4, 0.5) is 0 Å². The van der Waals surface area contributed by atoms with Gasteiger partial charge in [0.05, 0.1) is 20.1 Å². The topological polar surface area (TPSA) is 73.5 Å². The summed E-state index contributed by atoms with van der Waals surface area (Å²) in [5.74, 6) is 1.65. The molecule has 2 rings (SSSR count). The molecule has 2 aromatic rings. The average Bonchev–Trinajstić information content (AvgIpc) is 2.78. The van der Waals surface area contributed by atoms with Gasteiger partial charge in [0.2, 0.25) is 0 Å². The summed E-state index contributed by atoms with van der Waals surface area (Å²) in [5.41, 5.74) is 0. The van der Waals surface area contributed by atoms with Crippen molar-refractivity contribution in [2.75, 3.05) is 7.05 Å². The molecule has 0 amide bonds. The van der Waals surface area contributed by atoms with Gasteiger partial charge in [-0.05, 0) is 12.3 Å². The molecule has 0 saturated carbocycles. The summed E-state index contributed by atoms with van der Waals surface area (Å²) >= 11 is 0. The van der Waals surface area contributed by atoms with Crippen LogP contribution in [0.1, 0.15) is 11.6 Å². The number of rotatable bonds is 4. The Kier molecular flexibility index (Phi) is 2.72. The highest BCUT2D eigenvalue weighted by Crippen LogP contribution is 2.00. The van der Waals surface area contributed by atoms with E-state index in [1.165, 1.54) is 4.80 Å². The second-order valence-electron chi connectivity index (χ2n) is 3.20. The Morgan fingerprint density at radius 3 is 3.00 bits per heavy atom. The van der Waals surface area contributed by atoms with E-state index in [-0.39, 0.29) is 0 Å². The molecule has 0 aromatic carbocycles. The van der Waals surface area contributed by atoms with E-state index >= 15 is 0 Å². The fourth-order valence-electron chi connectivity index (χ4n) is 1.35. The smallest absolute Gasteiger partial charge is 0.194 e. The molecule has 0 unspecified atom stereocenters. The Morgan fingerprint density at radius 1 is 1.47 bits per heavy atom. The summed E-state index contributed by atoms with van der Waals surface area (Å²) in [6.45, 7) is 1.33. The highest BCUT2D eigenvalue weighted by atomic mass is 15.6. The van der Waals surface area contributed by atoms with E-state index in [9.17, 15) is 0 Å². The van der Waals surface area contributed by atoms with Crippen molar-refractivity contribution in [1.29, 1.82) is 0 Å². The van der Waals surface area contributed by atoms with E-state index in [4.69, 9.17) is 0 Å². The van der Waals surface area contributed by atoms with E-state index < -0.39 is 0 Å². The maximum atomic E-state index is 4.23. The van der Waals surface area contributed by atoms with E-state index in [1.807, 2.05) is 17.8 Å². The Labute approximate surface area is 87.1 Å². The molecule has 7 nitrogen and oxygen atoms in total. The first kappa shape index (κ1) is 9.78. The molecule has 2 heterocycles. The van der Waals surface area contributed by atoms with Crippen molar-refractivity contribution in [1.82, 2.24) is 35.1 Å². The van der Waals surface area contributed by atoms with Gasteiger partial charge in [0.25, 0.3) is 0 Å². The lowest BCUT2D eigenvalue weighted by Gasteiger charge is -2.03. The summed E-state index contributed by atoms with van der Waals surface area (Å²) in [6.07, 6.45) is 3.67. The van der Waals surface area contributed by atoms with Gasteiger partial charge in [0.1, 0.15) is 5.82 Å². The minimum Gasteiger partial charge on any atom is -0.326 e. The summed E-state index contributed by atoms with van der Waals surface area (Å²) in [4.78, 5) is 5.68. The number of nitrogens with one attached hydrogen (secondary N) is 1. The van der Waals surface area contributed by atoms with Crippen LogP contribution in [0.25, 0.3) is 0 Å². The van der Waals surface area contributed by atoms with Gasteiger partial charge in [-0.2, -0.15) is 4.80 Å². The molecule has 0 fully saturated rings. The maximum Gasteiger partial charge on any atom is 0.194 e. The highest BCUT2D eigenvalue weighted by Gasteiger charge is 2.05. The molecular weight excluding hydrogens is 194 g/mol. The third kappa shape index (κ3) is 2.18. The first-order valence-corrected chi connectivity index (χ1v) is 4.67. The molecule has 0 spiro atoms. The van der Waals surface area contributed by atoms with Crippen LogP contribution < -0.4 is 5.32 Å². The fourth-order valence-corrected chi connectivity index (χ4v) is 1.35. The van der Waals surface area contributed by atoms with Crippen LogP contribution in [-0.4, -0.2) is 36.8 Å². The molecule has 0 aliphatic heterocycles. The van der Waals surface area contributed by atoms with Crippen molar-refractivity contribution in [3.05, 3.63) is 24.0 Å². The van der Waals surface area contributed by atoms with Crippen molar-refractivity contribution < 1.29 is 0 Å². The first-order chi connectivity index (χ1) is 7.29. The van der Waals surface area contributed by atoms with Crippen molar-refractivity contribution in [2.45, 2.75) is 13.1 Å². The number of hydrogen-bond acceptors (Lipinski definition) is 5. The van der Waals surface area contributed by atoms with E-state index in [2.05, 4.69) is 25.7 Å². The zero-order valence-corrected chi connectivity index (χ0v) is 8.75. The van der Waals surface area contributed by atoms with Gasteiger partial charge in [0, 0.05) is 12.4 Å². The SMILES string of the molecule is CNCc1nccn1Cc1nnn(C)n1. The van der Waals surface area contributed by atoms with Gasteiger partial charge in [0.15, 0.2) is 5.82 Å². The van der Waals surface area contributed by atoms with Gasteiger partial charge in [-0.1, -0.05) is 0 Å². The van der Waals surface area contributed by atoms with Crippen LogP contribution in [0.2, 0.25) is 0 Å². The van der Waals surface area contributed by atoms with Crippen LogP contribution in [-0.2, 0) is 20.1 Å². The van der Waals surface area contributed by atoms with Gasteiger partial charge >= 0.3 is 0 Å². The summed E-state index contributed by atoms with van der Waals surface area (Å²) in [6, 6.07) is 0. The van der Waals surface area contributed by atoms with Gasteiger partial charge in [-0.25, -0.2) is 4.98 Å². The largest absolute Gasteiger partial charge is 0.326 e. The Balaban J connectivity index is 2.13. The van der Waals surface area contributed by atoms with E-state index in [0.29, 0.717) is 12.4 Å². The number of aryl methyl sites for hydroxylation is 1. The van der Waals surface area contributed by atoms with Gasteiger partial charge in [-0.3, -0.25) is 0 Å². The van der Waals surface area contributed by atoms with Crippen LogP contribution in [0, 0.1) is 0 Å². The van der Waals surface area contributed by atoms with Crippen molar-refractivity contribution >= 4 is 0 Å². The predicted molar refractivity (Wildman–Crippen MR) is 52.9 cm³/mol. The molecule has 0 aliphatic rings. The van der Waals surface area contributed by atoms with Gasteiger partial charge < -0.3 is 9.88 Å². The number of aromatic nitrogens is 6.